The molecule has 2 rings (SSSR count). The van der Waals surface area contributed by atoms with Crippen LogP contribution in [-0.2, 0) is 0 Å². The second-order valence-electron chi connectivity index (χ2n) is 5.45. The Labute approximate surface area is 120 Å². The number of hydrogen-bond donors (Lipinski definition) is 2. The number of hydrogen-bond acceptors (Lipinski definition) is 7. The van der Waals surface area contributed by atoms with Crippen molar-refractivity contribution in [3.05, 3.63) is 11.9 Å². The average molecular weight is 279 g/mol. The van der Waals surface area contributed by atoms with Gasteiger partial charge in [-0.05, 0) is 21.0 Å². The summed E-state index contributed by atoms with van der Waals surface area (Å²) >= 11 is 0. The summed E-state index contributed by atoms with van der Waals surface area (Å²) < 4.78 is 0. The summed E-state index contributed by atoms with van der Waals surface area (Å²) in [6, 6.07) is 0. The van der Waals surface area contributed by atoms with Crippen LogP contribution >= 0.6 is 0 Å². The molecule has 2 heterocycles. The monoisotopic (exact) mass is 279 g/mol. The summed E-state index contributed by atoms with van der Waals surface area (Å²) in [5, 5.41) is 0. The second-order valence-corrected chi connectivity index (χ2v) is 5.45. The summed E-state index contributed by atoms with van der Waals surface area (Å²) in [6.45, 7) is 8.37. The molecule has 1 aromatic heterocycles. The Morgan fingerprint density at radius 1 is 1.25 bits per heavy atom. The van der Waals surface area contributed by atoms with Crippen molar-refractivity contribution in [3.63, 3.8) is 0 Å². The van der Waals surface area contributed by atoms with E-state index in [-0.39, 0.29) is 0 Å². The highest BCUT2D eigenvalue weighted by Crippen LogP contribution is 2.22. The van der Waals surface area contributed by atoms with Crippen molar-refractivity contribution in [2.75, 3.05) is 63.7 Å². The molecule has 1 fully saturated rings. The molecule has 3 N–H and O–H groups in total. The summed E-state index contributed by atoms with van der Waals surface area (Å²) in [5.74, 6) is 7.15. The molecular formula is C13H25N7. The van der Waals surface area contributed by atoms with Crippen molar-refractivity contribution < 1.29 is 0 Å². The van der Waals surface area contributed by atoms with Gasteiger partial charge in [0.15, 0.2) is 0 Å². The maximum absolute atomic E-state index is 5.47. The molecule has 0 amide bonds. The lowest BCUT2D eigenvalue weighted by Gasteiger charge is -2.36. The minimum atomic E-state index is 0.699. The van der Waals surface area contributed by atoms with E-state index in [0.29, 0.717) is 5.82 Å². The number of aromatic nitrogens is 2. The number of rotatable bonds is 5. The molecule has 1 aliphatic heterocycles. The van der Waals surface area contributed by atoms with Gasteiger partial charge in [0.05, 0.1) is 0 Å². The van der Waals surface area contributed by atoms with Crippen LogP contribution in [0.5, 0.6) is 0 Å². The molecule has 0 aromatic carbocycles. The third kappa shape index (κ3) is 3.56. The Bertz CT molecular complexity index is 427. The van der Waals surface area contributed by atoms with Crippen molar-refractivity contribution in [2.45, 2.75) is 6.92 Å². The molecule has 20 heavy (non-hydrogen) atoms. The highest BCUT2D eigenvalue weighted by Gasteiger charge is 2.20. The van der Waals surface area contributed by atoms with E-state index in [4.69, 9.17) is 5.84 Å². The normalized spacial score (nSPS) is 16.8. The molecule has 0 spiro atoms. The predicted octanol–water partition coefficient (Wildman–Crippen LogP) is -0.246. The van der Waals surface area contributed by atoms with Crippen LogP contribution in [0.1, 0.15) is 5.56 Å². The lowest BCUT2D eigenvalue weighted by molar-refractivity contribution is 0.229. The molecule has 0 radical (unpaired) electrons. The van der Waals surface area contributed by atoms with Gasteiger partial charge in [0.25, 0.3) is 0 Å². The van der Waals surface area contributed by atoms with Crippen LogP contribution in [0, 0.1) is 6.92 Å². The molecule has 0 unspecified atom stereocenters. The minimum Gasteiger partial charge on any atom is -0.354 e. The van der Waals surface area contributed by atoms with E-state index in [1.807, 2.05) is 6.92 Å². The van der Waals surface area contributed by atoms with Crippen molar-refractivity contribution in [2.24, 2.45) is 5.84 Å². The molecule has 0 atom stereocenters. The van der Waals surface area contributed by atoms with Crippen LogP contribution in [0.15, 0.2) is 6.33 Å². The molecule has 112 valence electrons. The van der Waals surface area contributed by atoms with E-state index in [0.717, 1.165) is 50.6 Å². The number of anilines is 2. The van der Waals surface area contributed by atoms with Crippen LogP contribution in [-0.4, -0.2) is 73.1 Å². The minimum absolute atomic E-state index is 0.699. The molecule has 0 bridgehead atoms. The van der Waals surface area contributed by atoms with Crippen molar-refractivity contribution in [3.8, 4) is 0 Å². The topological polar surface area (TPSA) is 73.5 Å². The molecule has 1 aromatic rings. The van der Waals surface area contributed by atoms with Gasteiger partial charge in [0.1, 0.15) is 18.0 Å². The molecular weight excluding hydrogens is 254 g/mol. The van der Waals surface area contributed by atoms with Crippen LogP contribution in [0.2, 0.25) is 0 Å². The molecule has 1 aliphatic rings. The fourth-order valence-corrected chi connectivity index (χ4v) is 2.43. The number of hydrazine groups is 1. The van der Waals surface area contributed by atoms with Crippen LogP contribution in [0.3, 0.4) is 0 Å². The van der Waals surface area contributed by atoms with Gasteiger partial charge in [0, 0.05) is 44.8 Å². The highest BCUT2D eigenvalue weighted by atomic mass is 15.3. The Morgan fingerprint density at radius 2 is 1.95 bits per heavy atom. The number of nitrogens with zero attached hydrogens (tertiary/aromatic N) is 5. The molecule has 0 saturated carbocycles. The Morgan fingerprint density at radius 3 is 2.55 bits per heavy atom. The maximum atomic E-state index is 5.47. The van der Waals surface area contributed by atoms with E-state index < -0.39 is 0 Å². The molecule has 1 saturated heterocycles. The first-order valence-corrected chi connectivity index (χ1v) is 7.02. The van der Waals surface area contributed by atoms with Gasteiger partial charge >= 0.3 is 0 Å². The van der Waals surface area contributed by atoms with E-state index >= 15 is 0 Å². The standard InChI is InChI=1S/C13H25N7/c1-11-12(17-14)15-10-16-13(11)20-8-6-19(7-9-20)5-4-18(2)3/h10H,4-9,14H2,1-3H3,(H,15,16,17). The van der Waals surface area contributed by atoms with Gasteiger partial charge in [0.2, 0.25) is 0 Å². The third-order valence-electron chi connectivity index (χ3n) is 3.73. The quantitative estimate of drug-likeness (QED) is 0.569. The Kier molecular flexibility index (Phi) is 5.11. The van der Waals surface area contributed by atoms with Crippen LogP contribution in [0.25, 0.3) is 0 Å². The average Bonchev–Trinajstić information content (AvgIpc) is 2.46. The number of nitrogen functional groups attached to an aromatic ring is 1. The van der Waals surface area contributed by atoms with Gasteiger partial charge in [-0.1, -0.05) is 0 Å². The summed E-state index contributed by atoms with van der Waals surface area (Å²) in [5.41, 5.74) is 3.63. The van der Waals surface area contributed by atoms with Gasteiger partial charge in [-0.3, -0.25) is 4.90 Å². The van der Waals surface area contributed by atoms with Gasteiger partial charge < -0.3 is 15.2 Å². The van der Waals surface area contributed by atoms with Crippen molar-refractivity contribution >= 4 is 11.6 Å². The van der Waals surface area contributed by atoms with Crippen LogP contribution in [0.4, 0.5) is 11.6 Å². The van der Waals surface area contributed by atoms with Gasteiger partial charge in [-0.2, -0.15) is 0 Å². The summed E-state index contributed by atoms with van der Waals surface area (Å²) in [6.07, 6.45) is 1.57. The highest BCUT2D eigenvalue weighted by molar-refractivity contribution is 5.57. The number of nitrogens with one attached hydrogen (secondary N) is 1. The SMILES string of the molecule is Cc1c(NN)ncnc1N1CCN(CCN(C)C)CC1. The first-order valence-electron chi connectivity index (χ1n) is 7.02. The fourth-order valence-electron chi connectivity index (χ4n) is 2.43. The number of piperazine rings is 1. The largest absolute Gasteiger partial charge is 0.354 e. The van der Waals surface area contributed by atoms with Gasteiger partial charge in [-0.15, -0.1) is 0 Å². The zero-order valence-corrected chi connectivity index (χ0v) is 12.6. The molecule has 7 heteroatoms. The molecule has 0 aliphatic carbocycles. The second kappa shape index (κ2) is 6.83. The Hall–Kier alpha value is -1.44. The van der Waals surface area contributed by atoms with E-state index in [1.165, 1.54) is 0 Å². The summed E-state index contributed by atoms with van der Waals surface area (Å²) in [4.78, 5) is 15.6. The van der Waals surface area contributed by atoms with Crippen LogP contribution < -0.4 is 16.2 Å². The first-order chi connectivity index (χ1) is 9.61. The predicted molar refractivity (Wildman–Crippen MR) is 81.8 cm³/mol. The number of nitrogens with two attached hydrogens (primary N) is 1. The van der Waals surface area contributed by atoms with E-state index in [2.05, 4.69) is 44.2 Å². The fraction of sp³-hybridized carbons (Fsp3) is 0.692. The van der Waals surface area contributed by atoms with Crippen molar-refractivity contribution in [1.29, 1.82) is 0 Å². The van der Waals surface area contributed by atoms with E-state index in [9.17, 15) is 0 Å². The number of likely N-dealkylation sites (N-methyl/N-ethyl adjacent to an activating group) is 1. The molecule has 7 nitrogen and oxygen atoms in total. The maximum Gasteiger partial charge on any atom is 0.148 e. The third-order valence-corrected chi connectivity index (χ3v) is 3.73. The van der Waals surface area contributed by atoms with E-state index in [1.54, 1.807) is 6.33 Å². The Balaban J connectivity index is 1.94. The summed E-state index contributed by atoms with van der Waals surface area (Å²) in [7, 11) is 4.23. The van der Waals surface area contributed by atoms with Gasteiger partial charge in [-0.25, -0.2) is 15.8 Å². The lowest BCUT2D eigenvalue weighted by Crippen LogP contribution is -2.48. The first kappa shape index (κ1) is 15.0. The van der Waals surface area contributed by atoms with Crippen molar-refractivity contribution in [1.82, 2.24) is 19.8 Å². The smallest absolute Gasteiger partial charge is 0.148 e. The lowest BCUT2D eigenvalue weighted by atomic mass is 10.2. The zero-order chi connectivity index (χ0) is 14.5. The zero-order valence-electron chi connectivity index (χ0n) is 12.6.